The molecule has 23 heavy (non-hydrogen) atoms. The molecule has 0 unspecified atom stereocenters. The summed E-state index contributed by atoms with van der Waals surface area (Å²) in [5, 5.41) is 0. The molecule has 132 valence electrons. The van der Waals surface area contributed by atoms with Crippen LogP contribution in [0.25, 0.3) is 0 Å². The van der Waals surface area contributed by atoms with Gasteiger partial charge in [-0.05, 0) is 53.0 Å². The van der Waals surface area contributed by atoms with E-state index in [1.165, 1.54) is 0 Å². The van der Waals surface area contributed by atoms with Crippen molar-refractivity contribution in [3.8, 4) is 0 Å². The lowest BCUT2D eigenvalue weighted by molar-refractivity contribution is -0.123. The second-order valence-electron chi connectivity index (χ2n) is 8.67. The quantitative estimate of drug-likeness (QED) is 0.801. The number of ketones is 1. The second-order valence-corrected chi connectivity index (χ2v) is 8.67. The van der Waals surface area contributed by atoms with Gasteiger partial charge < -0.3 is 9.64 Å². The lowest BCUT2D eigenvalue weighted by Crippen LogP contribution is -2.44. The summed E-state index contributed by atoms with van der Waals surface area (Å²) < 4.78 is 5.49. The largest absolute Gasteiger partial charge is 0.444 e. The highest BCUT2D eigenvalue weighted by Crippen LogP contribution is 2.41. The zero-order valence-electron chi connectivity index (χ0n) is 15.5. The molecule has 2 rings (SSSR count). The maximum absolute atomic E-state index is 12.3. The van der Waals surface area contributed by atoms with Crippen LogP contribution in [0.4, 0.5) is 4.79 Å². The number of amides is 1. The Hall–Kier alpha value is -1.10. The van der Waals surface area contributed by atoms with E-state index in [-0.39, 0.29) is 23.3 Å². The van der Waals surface area contributed by atoms with Gasteiger partial charge >= 0.3 is 6.09 Å². The Kier molecular flexibility index (Phi) is 5.09. The van der Waals surface area contributed by atoms with Crippen LogP contribution in [0.2, 0.25) is 0 Å². The van der Waals surface area contributed by atoms with Crippen molar-refractivity contribution in [1.29, 1.82) is 0 Å². The highest BCUT2D eigenvalue weighted by atomic mass is 16.6. The summed E-state index contributed by atoms with van der Waals surface area (Å²) in [6.45, 7) is 15.0. The van der Waals surface area contributed by atoms with Gasteiger partial charge in [0, 0.05) is 25.0 Å². The third-order valence-electron chi connectivity index (χ3n) is 5.00. The molecule has 5 nitrogen and oxygen atoms in total. The molecule has 0 aromatic carbocycles. The number of rotatable bonds is 3. The number of hydrogen-bond donors (Lipinski definition) is 0. The van der Waals surface area contributed by atoms with Crippen LogP contribution in [0.15, 0.2) is 0 Å². The molecule has 0 bridgehead atoms. The summed E-state index contributed by atoms with van der Waals surface area (Å²) in [6, 6.07) is 0.00458. The molecule has 2 fully saturated rings. The maximum Gasteiger partial charge on any atom is 0.410 e. The van der Waals surface area contributed by atoms with E-state index >= 15 is 0 Å². The zero-order valence-corrected chi connectivity index (χ0v) is 15.5. The van der Waals surface area contributed by atoms with Crippen molar-refractivity contribution in [2.24, 2.45) is 11.3 Å². The first-order valence-electron chi connectivity index (χ1n) is 8.75. The summed E-state index contributed by atoms with van der Waals surface area (Å²) in [4.78, 5) is 28.4. The molecule has 0 radical (unpaired) electrons. The van der Waals surface area contributed by atoms with Gasteiger partial charge in [0.15, 0.2) is 0 Å². The maximum atomic E-state index is 12.3. The van der Waals surface area contributed by atoms with E-state index in [1.54, 1.807) is 6.92 Å². The van der Waals surface area contributed by atoms with Gasteiger partial charge in [0.2, 0.25) is 0 Å². The summed E-state index contributed by atoms with van der Waals surface area (Å²) in [6.07, 6.45) is 1.86. The average molecular weight is 324 g/mol. The lowest BCUT2D eigenvalue weighted by Gasteiger charge is -2.31. The van der Waals surface area contributed by atoms with Gasteiger partial charge in [-0.25, -0.2) is 4.79 Å². The van der Waals surface area contributed by atoms with Gasteiger partial charge in [0.25, 0.3) is 0 Å². The van der Waals surface area contributed by atoms with Crippen LogP contribution in [-0.4, -0.2) is 59.5 Å². The minimum absolute atomic E-state index is 0.00458. The first kappa shape index (κ1) is 18.2. The number of ether oxygens (including phenoxy) is 1. The van der Waals surface area contributed by atoms with Crippen LogP contribution in [0.3, 0.4) is 0 Å². The molecule has 1 spiro atoms. The van der Waals surface area contributed by atoms with Crippen LogP contribution < -0.4 is 0 Å². The van der Waals surface area contributed by atoms with Gasteiger partial charge in [0.1, 0.15) is 11.4 Å². The lowest BCUT2D eigenvalue weighted by atomic mass is 9.86. The summed E-state index contributed by atoms with van der Waals surface area (Å²) in [7, 11) is 0. The normalized spacial score (nSPS) is 27.0. The van der Waals surface area contributed by atoms with E-state index in [9.17, 15) is 9.59 Å². The third kappa shape index (κ3) is 4.25. The fourth-order valence-electron chi connectivity index (χ4n) is 4.11. The minimum atomic E-state index is -0.452. The summed E-state index contributed by atoms with van der Waals surface area (Å²) >= 11 is 0. The molecule has 1 amide bonds. The number of likely N-dealkylation sites (tertiary alicyclic amines) is 2. The summed E-state index contributed by atoms with van der Waals surface area (Å²) in [5.41, 5.74) is -0.314. The first-order valence-corrected chi connectivity index (χ1v) is 8.75. The highest BCUT2D eigenvalue weighted by Gasteiger charge is 2.47. The fraction of sp³-hybridized carbons (Fsp3) is 0.889. The van der Waals surface area contributed by atoms with Gasteiger partial charge in [-0.3, -0.25) is 9.69 Å². The molecule has 2 saturated heterocycles. The first-order chi connectivity index (χ1) is 10.5. The monoisotopic (exact) mass is 324 g/mol. The molecule has 0 aliphatic carbocycles. The van der Waals surface area contributed by atoms with Crippen molar-refractivity contribution < 1.29 is 14.3 Å². The van der Waals surface area contributed by atoms with Crippen molar-refractivity contribution in [3.63, 3.8) is 0 Å². The Morgan fingerprint density at radius 2 is 1.70 bits per heavy atom. The molecule has 2 heterocycles. The Morgan fingerprint density at radius 3 is 2.22 bits per heavy atom. The van der Waals surface area contributed by atoms with Gasteiger partial charge in [-0.15, -0.1) is 0 Å². The number of hydrogen-bond acceptors (Lipinski definition) is 4. The fourth-order valence-corrected chi connectivity index (χ4v) is 4.11. The van der Waals surface area contributed by atoms with E-state index in [0.717, 1.165) is 39.0 Å². The average Bonchev–Trinajstić information content (AvgIpc) is 2.95. The molecule has 0 N–H and O–H groups in total. The second kappa shape index (κ2) is 6.42. The van der Waals surface area contributed by atoms with E-state index < -0.39 is 5.60 Å². The van der Waals surface area contributed by atoms with E-state index in [2.05, 4.69) is 18.7 Å². The zero-order chi connectivity index (χ0) is 17.4. The Morgan fingerprint density at radius 1 is 1.09 bits per heavy atom. The van der Waals surface area contributed by atoms with Crippen LogP contribution in [0, 0.1) is 11.3 Å². The number of carbonyl (C=O) groups is 2. The van der Waals surface area contributed by atoms with Crippen LogP contribution >= 0.6 is 0 Å². The highest BCUT2D eigenvalue weighted by molar-refractivity contribution is 5.81. The third-order valence-corrected chi connectivity index (χ3v) is 5.00. The van der Waals surface area contributed by atoms with E-state index in [0.29, 0.717) is 5.92 Å². The van der Waals surface area contributed by atoms with Crippen LogP contribution in [0.5, 0.6) is 0 Å². The molecular formula is C18H32N2O3. The van der Waals surface area contributed by atoms with Crippen molar-refractivity contribution in [2.45, 2.75) is 66.0 Å². The van der Waals surface area contributed by atoms with E-state index in [4.69, 9.17) is 4.74 Å². The van der Waals surface area contributed by atoms with Gasteiger partial charge in [-0.1, -0.05) is 13.8 Å². The van der Waals surface area contributed by atoms with Crippen molar-refractivity contribution in [1.82, 2.24) is 9.80 Å². The molecule has 0 saturated carbocycles. The Labute approximate surface area is 140 Å². The molecule has 2 aliphatic rings. The number of nitrogens with zero attached hydrogens (tertiary/aromatic N) is 2. The molecule has 0 aromatic heterocycles. The SMILES string of the molecule is CC(=O)[C@H](C(C)C)N1CC[C@@]2(CCN(C(=O)OC(C)(C)C)C2)C1. The minimum Gasteiger partial charge on any atom is -0.444 e. The molecule has 5 heteroatoms. The summed E-state index contributed by atoms with van der Waals surface area (Å²) in [5.74, 6) is 0.574. The van der Waals surface area contributed by atoms with Crippen LogP contribution in [0.1, 0.15) is 54.4 Å². The standard InChI is InChI=1S/C18H32N2O3/c1-13(2)15(14(3)21)19-9-7-18(11-19)8-10-20(12-18)16(22)23-17(4,5)6/h13,15H,7-12H2,1-6H3/t15-,18+/m0/s1. The van der Waals surface area contributed by atoms with Crippen molar-refractivity contribution in [2.75, 3.05) is 26.2 Å². The molecule has 0 aromatic rings. The van der Waals surface area contributed by atoms with Crippen LogP contribution in [-0.2, 0) is 9.53 Å². The predicted molar refractivity (Wildman–Crippen MR) is 90.4 cm³/mol. The van der Waals surface area contributed by atoms with E-state index in [1.807, 2.05) is 25.7 Å². The Bertz CT molecular complexity index is 469. The number of Topliss-reactive ketones (excluding diaryl/α,β-unsaturated/α-hetero) is 1. The number of carbonyl (C=O) groups excluding carboxylic acids is 2. The topological polar surface area (TPSA) is 49.9 Å². The smallest absolute Gasteiger partial charge is 0.410 e. The van der Waals surface area contributed by atoms with Gasteiger partial charge in [-0.2, -0.15) is 0 Å². The van der Waals surface area contributed by atoms with Gasteiger partial charge in [0.05, 0.1) is 6.04 Å². The predicted octanol–water partition coefficient (Wildman–Crippen LogP) is 2.93. The van der Waals surface area contributed by atoms with Crippen molar-refractivity contribution in [3.05, 3.63) is 0 Å². The Balaban J connectivity index is 1.98. The molecule has 2 atom stereocenters. The molecule has 2 aliphatic heterocycles. The van der Waals surface area contributed by atoms with Crippen molar-refractivity contribution >= 4 is 11.9 Å². The molecular weight excluding hydrogens is 292 g/mol.